The second kappa shape index (κ2) is 2.75. The summed E-state index contributed by atoms with van der Waals surface area (Å²) in [6.45, 7) is 3.21. The second-order valence-electron chi connectivity index (χ2n) is 1.19. The lowest BCUT2D eigenvalue weighted by Gasteiger charge is -1.81. The molecule has 0 aromatic heterocycles. The third-order valence-corrected chi connectivity index (χ3v) is 0.406. The summed E-state index contributed by atoms with van der Waals surface area (Å²) in [6, 6.07) is 0. The van der Waals surface area contributed by atoms with Gasteiger partial charge in [-0.05, 0) is 13.8 Å². The molecule has 40 valence electrons. The summed E-state index contributed by atoms with van der Waals surface area (Å²) in [6.07, 6.45) is 0. The highest BCUT2D eigenvalue weighted by Crippen LogP contribution is 1.82. The summed E-state index contributed by atoms with van der Waals surface area (Å²) >= 11 is 5.28. The molecule has 0 aromatic rings. The van der Waals surface area contributed by atoms with Crippen molar-refractivity contribution in [2.45, 2.75) is 13.8 Å². The largest absolute Gasteiger partial charge is 0.287 e. The number of nitrogens with one attached hydrogen (secondary N) is 1. The van der Waals surface area contributed by atoms with Crippen LogP contribution in [0, 0.1) is 5.41 Å². The summed E-state index contributed by atoms with van der Waals surface area (Å²) in [5.41, 5.74) is 0. The van der Waals surface area contributed by atoms with Gasteiger partial charge in [0, 0.05) is 0 Å². The lowest BCUT2D eigenvalue weighted by atomic mass is 10.7. The highest BCUT2D eigenvalue weighted by atomic mass is 35.5. The van der Waals surface area contributed by atoms with E-state index in [4.69, 9.17) is 17.0 Å². The molecule has 0 aromatic carbocycles. The molecule has 0 radical (unpaired) electrons. The van der Waals surface area contributed by atoms with Gasteiger partial charge in [-0.2, -0.15) is 0 Å². The van der Waals surface area contributed by atoms with Crippen LogP contribution in [0.3, 0.4) is 0 Å². The van der Waals surface area contributed by atoms with Crippen LogP contribution in [0.4, 0.5) is 0 Å². The molecule has 0 aliphatic rings. The zero-order chi connectivity index (χ0) is 5.86. The van der Waals surface area contributed by atoms with Crippen molar-refractivity contribution < 1.29 is 0 Å². The Hall–Kier alpha value is -0.370. The molecule has 3 heteroatoms. The van der Waals surface area contributed by atoms with Crippen molar-refractivity contribution in [1.29, 1.82) is 5.41 Å². The third kappa shape index (κ3) is 5.63. The lowest BCUT2D eigenvalue weighted by Crippen LogP contribution is -1.84. The van der Waals surface area contributed by atoms with Crippen LogP contribution in [-0.2, 0) is 0 Å². The van der Waals surface area contributed by atoms with Gasteiger partial charge in [-0.25, -0.2) is 4.99 Å². The minimum absolute atomic E-state index is 0.243. The molecule has 2 nitrogen and oxygen atoms in total. The van der Waals surface area contributed by atoms with Gasteiger partial charge in [-0.15, -0.1) is 0 Å². The standard InChI is InChI=1S/C4H7ClN2/c1-3(5)7-4(2)6/h6H,1-2H3. The van der Waals surface area contributed by atoms with E-state index in [0.717, 1.165) is 0 Å². The van der Waals surface area contributed by atoms with Crippen LogP contribution in [-0.4, -0.2) is 11.0 Å². The van der Waals surface area contributed by atoms with E-state index in [0.29, 0.717) is 5.17 Å². The lowest BCUT2D eigenvalue weighted by molar-refractivity contribution is 1.41. The van der Waals surface area contributed by atoms with Gasteiger partial charge in [0.15, 0.2) is 0 Å². The van der Waals surface area contributed by atoms with E-state index in [9.17, 15) is 0 Å². The van der Waals surface area contributed by atoms with E-state index >= 15 is 0 Å². The molecule has 0 aliphatic carbocycles. The van der Waals surface area contributed by atoms with Crippen molar-refractivity contribution in [1.82, 2.24) is 0 Å². The first kappa shape index (κ1) is 6.63. The van der Waals surface area contributed by atoms with E-state index in [-0.39, 0.29) is 5.84 Å². The van der Waals surface area contributed by atoms with Crippen LogP contribution in [0.5, 0.6) is 0 Å². The quantitative estimate of drug-likeness (QED) is 0.371. The molecule has 0 bridgehead atoms. The monoisotopic (exact) mass is 118 g/mol. The maximum atomic E-state index is 6.75. The summed E-state index contributed by atoms with van der Waals surface area (Å²) in [5.74, 6) is 0.243. The minimum atomic E-state index is 0.243. The van der Waals surface area contributed by atoms with Crippen LogP contribution >= 0.6 is 11.6 Å². The Morgan fingerprint density at radius 1 is 1.57 bits per heavy atom. The van der Waals surface area contributed by atoms with Crippen molar-refractivity contribution in [3.63, 3.8) is 0 Å². The van der Waals surface area contributed by atoms with Gasteiger partial charge in [-0.1, -0.05) is 11.6 Å². The molecule has 0 rings (SSSR count). The normalized spacial score (nSPS) is 11.6. The molecule has 0 spiro atoms. The molecule has 0 amide bonds. The predicted molar refractivity (Wildman–Crippen MR) is 32.4 cm³/mol. The Bertz CT molecular complexity index is 102. The average Bonchev–Trinajstić information content (AvgIpc) is 1.27. The molecule has 0 fully saturated rings. The molecule has 0 atom stereocenters. The molecule has 7 heavy (non-hydrogen) atoms. The smallest absolute Gasteiger partial charge is 0.118 e. The SMILES string of the molecule is CC(=N)N=C(C)Cl. The summed E-state index contributed by atoms with van der Waals surface area (Å²) in [4.78, 5) is 3.54. The topological polar surface area (TPSA) is 36.2 Å². The van der Waals surface area contributed by atoms with Gasteiger partial charge in [0.1, 0.15) is 11.0 Å². The fourth-order valence-corrected chi connectivity index (χ4v) is 0.358. The van der Waals surface area contributed by atoms with E-state index in [1.54, 1.807) is 13.8 Å². The van der Waals surface area contributed by atoms with Gasteiger partial charge < -0.3 is 0 Å². The molecule has 0 aliphatic heterocycles. The number of nitrogens with zero attached hydrogens (tertiary/aromatic N) is 1. The summed E-state index contributed by atoms with van der Waals surface area (Å²) in [7, 11) is 0. The van der Waals surface area contributed by atoms with Crippen molar-refractivity contribution in [2.24, 2.45) is 4.99 Å². The Morgan fingerprint density at radius 3 is 2.00 bits per heavy atom. The fraction of sp³-hybridized carbons (Fsp3) is 0.500. The van der Waals surface area contributed by atoms with Gasteiger partial charge >= 0.3 is 0 Å². The number of aliphatic imine (C=N–C) groups is 1. The highest BCUT2D eigenvalue weighted by molar-refractivity contribution is 6.65. The molecule has 0 heterocycles. The first-order valence-corrected chi connectivity index (χ1v) is 2.26. The number of hydrogen-bond donors (Lipinski definition) is 1. The van der Waals surface area contributed by atoms with Crippen molar-refractivity contribution in [2.75, 3.05) is 0 Å². The van der Waals surface area contributed by atoms with Gasteiger partial charge in [0.2, 0.25) is 0 Å². The van der Waals surface area contributed by atoms with Gasteiger partial charge in [-0.3, -0.25) is 5.41 Å². The van der Waals surface area contributed by atoms with Gasteiger partial charge in [0.05, 0.1) is 0 Å². The molecule has 0 saturated carbocycles. The fourth-order valence-electron chi connectivity index (χ4n) is 0.231. The first-order chi connectivity index (χ1) is 3.13. The predicted octanol–water partition coefficient (Wildman–Crippen LogP) is 1.64. The minimum Gasteiger partial charge on any atom is -0.287 e. The average molecular weight is 119 g/mol. The Morgan fingerprint density at radius 2 is 2.00 bits per heavy atom. The molecule has 0 unspecified atom stereocenters. The van der Waals surface area contributed by atoms with Gasteiger partial charge in [0.25, 0.3) is 0 Å². The van der Waals surface area contributed by atoms with E-state index in [1.807, 2.05) is 0 Å². The molecular formula is C4H7ClN2. The maximum Gasteiger partial charge on any atom is 0.118 e. The Labute approximate surface area is 47.7 Å². The summed E-state index contributed by atoms with van der Waals surface area (Å²) < 4.78 is 0. The number of hydrogen-bond acceptors (Lipinski definition) is 1. The van der Waals surface area contributed by atoms with Crippen molar-refractivity contribution in [3.8, 4) is 0 Å². The highest BCUT2D eigenvalue weighted by Gasteiger charge is 1.79. The van der Waals surface area contributed by atoms with Crippen molar-refractivity contribution >= 4 is 22.6 Å². The number of rotatable bonds is 0. The van der Waals surface area contributed by atoms with Crippen LogP contribution < -0.4 is 0 Å². The second-order valence-corrected chi connectivity index (χ2v) is 1.74. The Kier molecular flexibility index (Phi) is 2.60. The Balaban J connectivity index is 3.68. The van der Waals surface area contributed by atoms with Crippen LogP contribution in [0.25, 0.3) is 0 Å². The van der Waals surface area contributed by atoms with Crippen LogP contribution in [0.1, 0.15) is 13.8 Å². The number of halogens is 1. The zero-order valence-corrected chi connectivity index (χ0v) is 5.08. The first-order valence-electron chi connectivity index (χ1n) is 1.89. The van der Waals surface area contributed by atoms with Crippen molar-refractivity contribution in [3.05, 3.63) is 0 Å². The zero-order valence-electron chi connectivity index (χ0n) is 4.33. The maximum absolute atomic E-state index is 6.75. The third-order valence-electron chi connectivity index (χ3n) is 0.322. The molecular weight excluding hydrogens is 112 g/mol. The van der Waals surface area contributed by atoms with Crippen LogP contribution in [0.15, 0.2) is 4.99 Å². The molecule has 1 N–H and O–H groups in total. The van der Waals surface area contributed by atoms with E-state index in [2.05, 4.69) is 4.99 Å². The summed E-state index contributed by atoms with van der Waals surface area (Å²) in [5, 5.41) is 7.16. The molecule has 0 saturated heterocycles. The number of amidine groups is 1. The van der Waals surface area contributed by atoms with E-state index in [1.165, 1.54) is 0 Å². The van der Waals surface area contributed by atoms with E-state index < -0.39 is 0 Å². The van der Waals surface area contributed by atoms with Crippen LogP contribution in [0.2, 0.25) is 0 Å².